The second-order valence-electron chi connectivity index (χ2n) is 18.1. The van der Waals surface area contributed by atoms with Crippen LogP contribution in [-0.4, -0.2) is 160 Å². The number of carbonyl (C=O) groups excluding carboxylic acids is 7. The smallest absolute Gasteiger partial charge is 0.391 e. The van der Waals surface area contributed by atoms with Crippen LogP contribution in [0, 0.1) is 11.3 Å². The number of aliphatic hydroxyl groups is 1. The van der Waals surface area contributed by atoms with Crippen LogP contribution in [0.1, 0.15) is 77.7 Å². The number of nitrogens with one attached hydrogen (secondary N) is 3. The number of alkyl halides is 6. The fourth-order valence-corrected chi connectivity index (χ4v) is 9.50. The van der Waals surface area contributed by atoms with Crippen LogP contribution in [0.3, 0.4) is 0 Å². The molecule has 4 fully saturated rings. The van der Waals surface area contributed by atoms with Gasteiger partial charge in [-0.25, -0.2) is 13.2 Å². The molecule has 0 unspecified atom stereocenters. The highest BCUT2D eigenvalue weighted by Gasteiger charge is 2.75. The van der Waals surface area contributed by atoms with Gasteiger partial charge in [0.1, 0.15) is 42.4 Å². The van der Waals surface area contributed by atoms with Gasteiger partial charge in [0.05, 0.1) is 12.6 Å². The summed E-state index contributed by atoms with van der Waals surface area (Å²) in [7, 11) is 2.58. The highest BCUT2D eigenvalue weighted by atomic mass is 35.5. The Morgan fingerprint density at radius 3 is 2.28 bits per heavy atom. The lowest BCUT2D eigenvalue weighted by molar-refractivity contribution is -0.299. The normalized spacial score (nSPS) is 28.3. The summed E-state index contributed by atoms with van der Waals surface area (Å²) in [6, 6.07) is -3.88. The number of fused-ring (bicyclic) bond motifs is 1. The third-order valence-electron chi connectivity index (χ3n) is 12.6. The number of benzene rings is 1. The SMILES string of the molecule is CC(C)C[C@@H]1NC(=O)[C@@H](N(C)C(=O)[C@H](C)NC(=O)[C@@H]2C[C@@H](F)CN2C(=O)C2(C(F)(F)F)CC(F)(F)C2)CCCCNC(=O)[C@H]2C[C@H](O)CN2C(=O)[C@H](Cc2cc(Cl)ccc2Cl)N(C)C1=O. The Balaban J connectivity index is 1.40. The first-order valence-electron chi connectivity index (χ1n) is 21.4. The molecule has 23 heteroatoms. The van der Waals surface area contributed by atoms with E-state index in [1.165, 1.54) is 44.1 Å². The van der Waals surface area contributed by atoms with E-state index >= 15 is 0 Å². The van der Waals surface area contributed by atoms with Gasteiger partial charge in [0.2, 0.25) is 41.4 Å². The van der Waals surface area contributed by atoms with E-state index in [2.05, 4.69) is 16.0 Å². The van der Waals surface area contributed by atoms with Gasteiger partial charge in [0.15, 0.2) is 5.41 Å². The van der Waals surface area contributed by atoms with Gasteiger partial charge in [-0.3, -0.25) is 33.6 Å². The maximum Gasteiger partial charge on any atom is 0.403 e. The summed E-state index contributed by atoms with van der Waals surface area (Å²) in [5.41, 5.74) is -3.13. The van der Waals surface area contributed by atoms with E-state index in [9.17, 15) is 65.0 Å². The van der Waals surface area contributed by atoms with Crippen LogP contribution < -0.4 is 16.0 Å². The number of amides is 7. The summed E-state index contributed by atoms with van der Waals surface area (Å²) in [5, 5.41) is 18.9. The molecule has 15 nitrogen and oxygen atoms in total. The predicted molar refractivity (Wildman–Crippen MR) is 223 cm³/mol. The lowest BCUT2D eigenvalue weighted by Crippen LogP contribution is -2.65. The molecule has 362 valence electrons. The van der Waals surface area contributed by atoms with Crippen LogP contribution in [-0.2, 0) is 40.0 Å². The molecule has 0 radical (unpaired) electrons. The van der Waals surface area contributed by atoms with Gasteiger partial charge in [-0.2, -0.15) is 13.2 Å². The Morgan fingerprint density at radius 1 is 1.00 bits per heavy atom. The summed E-state index contributed by atoms with van der Waals surface area (Å²) in [5.74, 6) is -10.8. The molecule has 65 heavy (non-hydrogen) atoms. The van der Waals surface area contributed by atoms with Crippen molar-refractivity contribution >= 4 is 64.6 Å². The van der Waals surface area contributed by atoms with E-state index in [1.54, 1.807) is 13.8 Å². The van der Waals surface area contributed by atoms with Crippen molar-refractivity contribution in [1.82, 2.24) is 35.6 Å². The highest BCUT2D eigenvalue weighted by molar-refractivity contribution is 6.33. The van der Waals surface area contributed by atoms with Crippen molar-refractivity contribution < 1.29 is 65.0 Å². The van der Waals surface area contributed by atoms with E-state index in [0.717, 1.165) is 9.80 Å². The Labute approximate surface area is 382 Å². The van der Waals surface area contributed by atoms with Gasteiger partial charge in [0.25, 0.3) is 5.92 Å². The van der Waals surface area contributed by atoms with Crippen molar-refractivity contribution in [3.05, 3.63) is 33.8 Å². The molecule has 3 saturated heterocycles. The largest absolute Gasteiger partial charge is 0.403 e. The van der Waals surface area contributed by atoms with E-state index in [4.69, 9.17) is 23.2 Å². The topological polar surface area (TPSA) is 189 Å². The number of carbonyl (C=O) groups is 7. The molecule has 4 aliphatic rings. The predicted octanol–water partition coefficient (Wildman–Crippen LogP) is 3.40. The second-order valence-corrected chi connectivity index (χ2v) is 18.9. The zero-order valence-corrected chi connectivity index (χ0v) is 38.0. The molecule has 4 N–H and O–H groups in total. The Hall–Kier alpha value is -4.37. The quantitative estimate of drug-likeness (QED) is 0.271. The standard InChI is InChI=1S/C42H55Cl2F6N7O8/c1-21(2)12-28-37(63)55(5)32(14-23-13-24(43)9-10-27(23)44)38(64)56-18-26(58)16-31(56)33(59)51-11-7-6-8-29(34(60)53-28)54(4)36(62)22(3)52-35(61)30-15-25(45)17-57(30)39(65)40(42(48,49)50)19-41(46,47)20-40/h9-10,13,21-22,25-26,28-32,58H,6-8,11-12,14-20H2,1-5H3,(H,51,59)(H,52,61)(H,53,60)/t22-,25+,26-,28-,29-,30-,31+,32-/m0/s1. The zero-order valence-electron chi connectivity index (χ0n) is 36.5. The average Bonchev–Trinajstić information content (AvgIpc) is 3.80. The highest BCUT2D eigenvalue weighted by Crippen LogP contribution is 2.61. The van der Waals surface area contributed by atoms with Crippen molar-refractivity contribution in [2.45, 2.75) is 139 Å². The molecule has 7 amide bonds. The molecule has 8 atom stereocenters. The Bertz CT molecular complexity index is 2010. The minimum absolute atomic E-state index is 0.0513. The van der Waals surface area contributed by atoms with Gasteiger partial charge in [-0.1, -0.05) is 37.0 Å². The van der Waals surface area contributed by atoms with E-state index in [-0.39, 0.29) is 72.5 Å². The van der Waals surface area contributed by atoms with Gasteiger partial charge in [-0.15, -0.1) is 0 Å². The number of likely N-dealkylation sites (tertiary alicyclic amines) is 1. The summed E-state index contributed by atoms with van der Waals surface area (Å²) < 4.78 is 84.5. The van der Waals surface area contributed by atoms with Crippen molar-refractivity contribution in [2.24, 2.45) is 11.3 Å². The first-order chi connectivity index (χ1) is 30.2. The van der Waals surface area contributed by atoms with Gasteiger partial charge in [0, 0.05) is 69.3 Å². The third kappa shape index (κ3) is 11.4. The zero-order chi connectivity index (χ0) is 48.5. The van der Waals surface area contributed by atoms with Crippen LogP contribution >= 0.6 is 23.2 Å². The molecule has 0 bridgehead atoms. The molecule has 1 aliphatic carbocycles. The average molecular weight is 971 g/mol. The number of halogens is 8. The second kappa shape index (κ2) is 20.2. The minimum atomic E-state index is -5.43. The van der Waals surface area contributed by atoms with Crippen LogP contribution in [0.5, 0.6) is 0 Å². The van der Waals surface area contributed by atoms with Gasteiger partial charge >= 0.3 is 6.18 Å². The number of hydrogen-bond acceptors (Lipinski definition) is 8. The van der Waals surface area contributed by atoms with E-state index in [0.29, 0.717) is 5.56 Å². The van der Waals surface area contributed by atoms with Crippen molar-refractivity contribution in [3.63, 3.8) is 0 Å². The first kappa shape index (κ1) is 51.6. The van der Waals surface area contributed by atoms with Crippen molar-refractivity contribution in [1.29, 1.82) is 0 Å². The minimum Gasteiger partial charge on any atom is -0.391 e. The van der Waals surface area contributed by atoms with Crippen LogP contribution in [0.25, 0.3) is 0 Å². The molecule has 3 aliphatic heterocycles. The molecule has 1 aromatic rings. The lowest BCUT2D eigenvalue weighted by atomic mass is 9.64. The molecular weight excluding hydrogens is 915 g/mol. The number of likely N-dealkylation sites (N-methyl/N-ethyl adjacent to an activating group) is 2. The molecular formula is C42H55Cl2F6N7O8. The number of nitrogens with zero attached hydrogens (tertiary/aromatic N) is 4. The van der Waals surface area contributed by atoms with Crippen LogP contribution in [0.4, 0.5) is 26.3 Å². The number of aliphatic hydroxyl groups excluding tert-OH is 1. The van der Waals surface area contributed by atoms with Crippen LogP contribution in [0.2, 0.25) is 10.0 Å². The van der Waals surface area contributed by atoms with Gasteiger partial charge in [-0.05, 0) is 62.3 Å². The van der Waals surface area contributed by atoms with Crippen molar-refractivity contribution in [2.75, 3.05) is 33.7 Å². The maximum absolute atomic E-state index is 14.7. The molecule has 5 rings (SSSR count). The Kier molecular flexibility index (Phi) is 16.1. The molecule has 0 aromatic heterocycles. The molecule has 1 aromatic carbocycles. The fraction of sp³-hybridized carbons (Fsp3) is 0.690. The molecule has 0 spiro atoms. The van der Waals surface area contributed by atoms with Gasteiger partial charge < -0.3 is 40.7 Å². The summed E-state index contributed by atoms with van der Waals surface area (Å²) in [4.78, 5) is 101. The third-order valence-corrected chi connectivity index (χ3v) is 13.2. The first-order valence-corrected chi connectivity index (χ1v) is 22.2. The van der Waals surface area contributed by atoms with Crippen LogP contribution in [0.15, 0.2) is 18.2 Å². The van der Waals surface area contributed by atoms with E-state index < -0.39 is 133 Å². The van der Waals surface area contributed by atoms with E-state index in [1.807, 2.05) is 0 Å². The van der Waals surface area contributed by atoms with Crippen molar-refractivity contribution in [3.8, 4) is 0 Å². The summed E-state index contributed by atoms with van der Waals surface area (Å²) in [6.07, 6.45) is -12.7. The molecule has 1 saturated carbocycles. The monoisotopic (exact) mass is 969 g/mol. The Morgan fingerprint density at radius 2 is 1.66 bits per heavy atom. The number of rotatable bonds is 9. The summed E-state index contributed by atoms with van der Waals surface area (Å²) >= 11 is 12.8. The maximum atomic E-state index is 14.7. The number of hydrogen-bond donors (Lipinski definition) is 4. The fourth-order valence-electron chi connectivity index (χ4n) is 9.12. The lowest BCUT2D eigenvalue weighted by Gasteiger charge is -2.48. The molecule has 3 heterocycles. The summed E-state index contributed by atoms with van der Waals surface area (Å²) in [6.45, 7) is 3.65.